The fourth-order valence-electron chi connectivity index (χ4n) is 3.84. The number of benzene rings is 2. The maximum Gasteiger partial charge on any atom is 0.262 e. The average Bonchev–Trinajstić information content (AvgIpc) is 2.85. The normalized spacial score (nSPS) is 15.3. The molecule has 10 nitrogen and oxygen atoms in total. The molecule has 11 heteroatoms. The summed E-state index contributed by atoms with van der Waals surface area (Å²) in [6, 6.07) is 11.4. The van der Waals surface area contributed by atoms with E-state index in [0.717, 1.165) is 0 Å². The maximum absolute atomic E-state index is 13.0. The molecule has 0 saturated carbocycles. The Morgan fingerprint density at radius 1 is 1.06 bits per heavy atom. The first-order valence-corrected chi connectivity index (χ1v) is 11.7. The van der Waals surface area contributed by atoms with Crippen molar-refractivity contribution < 1.29 is 17.9 Å². The number of nitriles is 1. The van der Waals surface area contributed by atoms with Crippen LogP contribution in [-0.2, 0) is 16.7 Å². The van der Waals surface area contributed by atoms with Gasteiger partial charge >= 0.3 is 0 Å². The quantitative estimate of drug-likeness (QED) is 0.529. The van der Waals surface area contributed by atoms with Crippen LogP contribution < -0.4 is 15.0 Å². The molecule has 172 valence electrons. The molecule has 0 spiro atoms. The van der Waals surface area contributed by atoms with E-state index in [1.54, 1.807) is 24.3 Å². The first kappa shape index (κ1) is 22.7. The fraction of sp³-hybridized carbons (Fsp3) is 0.318. The molecule has 0 amide bonds. The van der Waals surface area contributed by atoms with Crippen molar-refractivity contribution in [2.24, 2.45) is 0 Å². The molecule has 1 aliphatic heterocycles. The molecule has 2 heterocycles. The zero-order valence-electron chi connectivity index (χ0n) is 18.3. The van der Waals surface area contributed by atoms with Crippen molar-refractivity contribution in [3.63, 3.8) is 0 Å². The molecule has 3 aromatic rings. The Kier molecular flexibility index (Phi) is 6.33. The van der Waals surface area contributed by atoms with Crippen LogP contribution in [-0.4, -0.2) is 67.6 Å². The van der Waals surface area contributed by atoms with Gasteiger partial charge in [-0.2, -0.15) is 9.57 Å². The minimum atomic E-state index is -3.77. The van der Waals surface area contributed by atoms with Crippen LogP contribution in [0.15, 0.2) is 52.4 Å². The van der Waals surface area contributed by atoms with Crippen molar-refractivity contribution in [2.75, 3.05) is 40.4 Å². The highest BCUT2D eigenvalue weighted by molar-refractivity contribution is 7.89. The third kappa shape index (κ3) is 4.28. The predicted molar refractivity (Wildman–Crippen MR) is 121 cm³/mol. The zero-order chi connectivity index (χ0) is 23.6. The summed E-state index contributed by atoms with van der Waals surface area (Å²) in [7, 11) is -0.756. The van der Waals surface area contributed by atoms with Crippen molar-refractivity contribution >= 4 is 20.9 Å². The van der Waals surface area contributed by atoms with E-state index >= 15 is 0 Å². The van der Waals surface area contributed by atoms with Crippen molar-refractivity contribution in [3.05, 3.63) is 58.6 Å². The Bertz CT molecular complexity index is 1390. The summed E-state index contributed by atoms with van der Waals surface area (Å²) < 4.78 is 39.4. The largest absolute Gasteiger partial charge is 0.493 e. The topological polar surface area (TPSA) is 118 Å². The summed E-state index contributed by atoms with van der Waals surface area (Å²) in [6.07, 6.45) is 1.48. The van der Waals surface area contributed by atoms with Crippen molar-refractivity contribution in [1.82, 2.24) is 18.8 Å². The number of hydrogen-bond acceptors (Lipinski definition) is 8. The van der Waals surface area contributed by atoms with Gasteiger partial charge in [0.25, 0.3) is 5.56 Å². The van der Waals surface area contributed by atoms with Crippen molar-refractivity contribution in [3.8, 4) is 17.6 Å². The standard InChI is InChI=1S/C22H23N5O5S/c1-31-19-11-17-18(12-20(19)32-2)24-14-26(22(17)28)15-25-7-9-27(10-8-25)33(29,30)21-6-4-3-5-16(21)13-23/h3-6,11-12,14H,7-10,15H2,1-2H3. The number of hydrogen-bond donors (Lipinski definition) is 0. The highest BCUT2D eigenvalue weighted by atomic mass is 32.2. The van der Waals surface area contributed by atoms with Gasteiger partial charge in [-0.15, -0.1) is 0 Å². The summed E-state index contributed by atoms with van der Waals surface area (Å²) >= 11 is 0. The fourth-order valence-corrected chi connectivity index (χ4v) is 5.40. The van der Waals surface area contributed by atoms with Crippen LogP contribution in [0.1, 0.15) is 5.56 Å². The highest BCUT2D eigenvalue weighted by Crippen LogP contribution is 2.29. The molecule has 1 saturated heterocycles. The van der Waals surface area contributed by atoms with E-state index in [1.807, 2.05) is 11.0 Å². The number of ether oxygens (including phenoxy) is 2. The van der Waals surface area contributed by atoms with E-state index in [9.17, 15) is 18.5 Å². The van der Waals surface area contributed by atoms with Crippen LogP contribution in [0.25, 0.3) is 10.9 Å². The highest BCUT2D eigenvalue weighted by Gasteiger charge is 2.30. The zero-order valence-corrected chi connectivity index (χ0v) is 19.1. The van der Waals surface area contributed by atoms with E-state index in [4.69, 9.17) is 9.47 Å². The van der Waals surface area contributed by atoms with E-state index in [2.05, 4.69) is 4.98 Å². The number of rotatable bonds is 6. The first-order valence-electron chi connectivity index (χ1n) is 10.2. The van der Waals surface area contributed by atoms with Crippen LogP contribution in [0.2, 0.25) is 0 Å². The van der Waals surface area contributed by atoms with Gasteiger partial charge in [0.05, 0.1) is 48.6 Å². The van der Waals surface area contributed by atoms with Crippen molar-refractivity contribution in [1.29, 1.82) is 5.26 Å². The first-order chi connectivity index (χ1) is 15.9. The monoisotopic (exact) mass is 469 g/mol. The molecule has 0 radical (unpaired) electrons. The third-order valence-corrected chi connectivity index (χ3v) is 7.60. The number of piperazine rings is 1. The van der Waals surface area contributed by atoms with Crippen LogP contribution >= 0.6 is 0 Å². The molecule has 1 aliphatic rings. The Morgan fingerprint density at radius 3 is 2.39 bits per heavy atom. The minimum absolute atomic E-state index is 0.0141. The number of methoxy groups -OCH3 is 2. The average molecular weight is 470 g/mol. The molecule has 1 fully saturated rings. The minimum Gasteiger partial charge on any atom is -0.493 e. The Morgan fingerprint density at radius 2 is 1.73 bits per heavy atom. The van der Waals surface area contributed by atoms with Gasteiger partial charge < -0.3 is 9.47 Å². The number of nitrogens with zero attached hydrogens (tertiary/aromatic N) is 5. The third-order valence-electron chi connectivity index (χ3n) is 5.64. The summed E-state index contributed by atoms with van der Waals surface area (Å²) in [5, 5.41) is 9.66. The Labute approximate surface area is 191 Å². The van der Waals surface area contributed by atoms with Gasteiger partial charge in [0, 0.05) is 32.2 Å². The van der Waals surface area contributed by atoms with Crippen molar-refractivity contribution in [2.45, 2.75) is 11.6 Å². The Balaban J connectivity index is 1.51. The van der Waals surface area contributed by atoms with Gasteiger partial charge in [-0.3, -0.25) is 14.3 Å². The van der Waals surface area contributed by atoms with Gasteiger partial charge in [0.2, 0.25) is 10.0 Å². The van der Waals surface area contributed by atoms with Gasteiger partial charge in [0.1, 0.15) is 6.07 Å². The smallest absolute Gasteiger partial charge is 0.262 e. The summed E-state index contributed by atoms with van der Waals surface area (Å²) in [6.45, 7) is 1.65. The van der Waals surface area contributed by atoms with Crippen LogP contribution in [0, 0.1) is 11.3 Å². The second-order valence-electron chi connectivity index (χ2n) is 7.52. The van der Waals surface area contributed by atoms with E-state index in [0.29, 0.717) is 35.5 Å². The predicted octanol–water partition coefficient (Wildman–Crippen LogP) is 1.25. The lowest BCUT2D eigenvalue weighted by molar-refractivity contribution is 0.150. The lowest BCUT2D eigenvalue weighted by Gasteiger charge is -2.34. The number of fused-ring (bicyclic) bond motifs is 1. The summed E-state index contributed by atoms with van der Waals surface area (Å²) in [4.78, 5) is 19.4. The van der Waals surface area contributed by atoms with Gasteiger partial charge in [-0.25, -0.2) is 13.4 Å². The second-order valence-corrected chi connectivity index (χ2v) is 9.42. The lowest BCUT2D eigenvalue weighted by Crippen LogP contribution is -2.49. The van der Waals surface area contributed by atoms with Crippen LogP contribution in [0.4, 0.5) is 0 Å². The second kappa shape index (κ2) is 9.19. The van der Waals surface area contributed by atoms with E-state index in [1.165, 1.54) is 41.6 Å². The van der Waals surface area contributed by atoms with Crippen LogP contribution in [0.5, 0.6) is 11.5 Å². The molecule has 0 atom stereocenters. The molecule has 0 unspecified atom stereocenters. The molecular weight excluding hydrogens is 446 g/mol. The molecule has 33 heavy (non-hydrogen) atoms. The summed E-state index contributed by atoms with van der Waals surface area (Å²) in [5.74, 6) is 0.933. The van der Waals surface area contributed by atoms with Gasteiger partial charge in [0.15, 0.2) is 11.5 Å². The lowest BCUT2D eigenvalue weighted by atomic mass is 10.2. The Hall–Kier alpha value is -3.46. The molecule has 0 aliphatic carbocycles. The van der Waals surface area contributed by atoms with Crippen LogP contribution in [0.3, 0.4) is 0 Å². The number of sulfonamides is 1. The SMILES string of the molecule is COc1cc2ncn(CN3CCN(S(=O)(=O)c4ccccc4C#N)CC3)c(=O)c2cc1OC. The van der Waals surface area contributed by atoms with Gasteiger partial charge in [-0.05, 0) is 18.2 Å². The van der Waals surface area contributed by atoms with Gasteiger partial charge in [-0.1, -0.05) is 12.1 Å². The molecule has 0 N–H and O–H groups in total. The van der Waals surface area contributed by atoms with E-state index in [-0.39, 0.29) is 35.8 Å². The number of aromatic nitrogens is 2. The molecule has 4 rings (SSSR count). The molecular formula is C22H23N5O5S. The van der Waals surface area contributed by atoms with E-state index < -0.39 is 10.0 Å². The molecule has 0 bridgehead atoms. The summed E-state index contributed by atoms with van der Waals surface area (Å²) in [5.41, 5.74) is 0.403. The maximum atomic E-state index is 13.0. The molecule has 1 aromatic heterocycles. The molecule has 2 aromatic carbocycles.